The third-order valence-corrected chi connectivity index (χ3v) is 4.83. The third kappa shape index (κ3) is 5.95. The Morgan fingerprint density at radius 1 is 1.12 bits per heavy atom. The minimum Gasteiger partial charge on any atom is -0.325 e. The third-order valence-electron chi connectivity index (χ3n) is 3.41. The Morgan fingerprint density at radius 3 is 2.40 bits per heavy atom. The predicted molar refractivity (Wildman–Crippen MR) is 95.2 cm³/mol. The van der Waals surface area contributed by atoms with Gasteiger partial charge in [0.05, 0.1) is 11.4 Å². The first-order valence-corrected chi connectivity index (χ1v) is 9.38. The van der Waals surface area contributed by atoms with Gasteiger partial charge in [0.2, 0.25) is 15.9 Å². The largest absolute Gasteiger partial charge is 0.325 e. The molecule has 0 heterocycles. The van der Waals surface area contributed by atoms with Crippen LogP contribution in [0.3, 0.4) is 0 Å². The number of hydrogen-bond donors (Lipinski definition) is 2. The number of benzene rings is 2. The van der Waals surface area contributed by atoms with Gasteiger partial charge < -0.3 is 5.32 Å². The van der Waals surface area contributed by atoms with Crippen LogP contribution in [0.1, 0.15) is 19.4 Å². The van der Waals surface area contributed by atoms with Crippen molar-refractivity contribution in [2.24, 2.45) is 5.92 Å². The van der Waals surface area contributed by atoms with E-state index in [1.807, 2.05) is 0 Å². The lowest BCUT2D eigenvalue weighted by Crippen LogP contribution is -2.32. The van der Waals surface area contributed by atoms with Gasteiger partial charge in [-0.2, -0.15) is 0 Å². The molecule has 7 heteroatoms. The summed E-state index contributed by atoms with van der Waals surface area (Å²) >= 11 is 0. The highest BCUT2D eigenvalue weighted by atomic mass is 32.2. The van der Waals surface area contributed by atoms with Crippen LogP contribution in [0.4, 0.5) is 10.1 Å². The quantitative estimate of drug-likeness (QED) is 0.793. The van der Waals surface area contributed by atoms with Crippen molar-refractivity contribution in [2.75, 3.05) is 11.9 Å². The Bertz CT molecular complexity index is 834. The first kappa shape index (κ1) is 19.1. The fourth-order valence-corrected chi connectivity index (χ4v) is 3.27. The second-order valence-electron chi connectivity index (χ2n) is 6.12. The summed E-state index contributed by atoms with van der Waals surface area (Å²) in [5.74, 6) is -0.586. The molecule has 0 radical (unpaired) electrons. The van der Waals surface area contributed by atoms with Crippen LogP contribution >= 0.6 is 0 Å². The summed E-state index contributed by atoms with van der Waals surface area (Å²) in [6.07, 6.45) is 0.865. The van der Waals surface area contributed by atoms with E-state index >= 15 is 0 Å². The lowest BCUT2D eigenvalue weighted by Gasteiger charge is -2.09. The van der Waals surface area contributed by atoms with E-state index in [1.165, 1.54) is 30.3 Å². The van der Waals surface area contributed by atoms with E-state index in [2.05, 4.69) is 23.9 Å². The van der Waals surface area contributed by atoms with E-state index in [4.69, 9.17) is 0 Å². The van der Waals surface area contributed by atoms with Crippen molar-refractivity contribution in [3.8, 4) is 0 Å². The van der Waals surface area contributed by atoms with Crippen molar-refractivity contribution in [3.63, 3.8) is 0 Å². The summed E-state index contributed by atoms with van der Waals surface area (Å²) in [6, 6.07) is 11.9. The molecule has 0 aromatic heterocycles. The van der Waals surface area contributed by atoms with Gasteiger partial charge in [0.15, 0.2) is 0 Å². The molecule has 0 aliphatic heterocycles. The van der Waals surface area contributed by atoms with Crippen LogP contribution in [0.2, 0.25) is 0 Å². The molecule has 0 spiro atoms. The smallest absolute Gasteiger partial charge is 0.241 e. The summed E-state index contributed by atoms with van der Waals surface area (Å²) in [6.45, 7) is 3.74. The second kappa shape index (κ2) is 8.22. The number of amides is 1. The molecule has 2 aromatic rings. The van der Waals surface area contributed by atoms with Crippen molar-refractivity contribution in [2.45, 2.75) is 25.2 Å². The second-order valence-corrected chi connectivity index (χ2v) is 7.89. The zero-order chi connectivity index (χ0) is 18.4. The van der Waals surface area contributed by atoms with Gasteiger partial charge in [-0.3, -0.25) is 4.79 Å². The molecule has 0 saturated carbocycles. The van der Waals surface area contributed by atoms with Crippen LogP contribution in [0, 0.1) is 11.7 Å². The molecule has 0 bridgehead atoms. The molecule has 1 amide bonds. The molecular formula is C18H21FN2O3S. The summed E-state index contributed by atoms with van der Waals surface area (Å²) in [7, 11) is -3.79. The van der Waals surface area contributed by atoms with Crippen molar-refractivity contribution in [1.82, 2.24) is 4.72 Å². The number of anilines is 1. The number of nitrogens with one attached hydrogen (secondary N) is 2. The number of hydrogen-bond acceptors (Lipinski definition) is 3. The first-order chi connectivity index (χ1) is 11.8. The van der Waals surface area contributed by atoms with Crippen LogP contribution in [0.25, 0.3) is 0 Å². The lowest BCUT2D eigenvalue weighted by molar-refractivity contribution is -0.115. The molecule has 2 rings (SSSR count). The van der Waals surface area contributed by atoms with Gasteiger partial charge in [-0.15, -0.1) is 0 Å². The van der Waals surface area contributed by atoms with Crippen molar-refractivity contribution in [3.05, 3.63) is 59.9 Å². The van der Waals surface area contributed by atoms with Crippen LogP contribution in [-0.2, 0) is 21.2 Å². The van der Waals surface area contributed by atoms with E-state index in [0.717, 1.165) is 18.1 Å². The molecule has 0 aliphatic carbocycles. The highest BCUT2D eigenvalue weighted by Gasteiger charge is 2.15. The van der Waals surface area contributed by atoms with Gasteiger partial charge in [-0.1, -0.05) is 32.0 Å². The van der Waals surface area contributed by atoms with Crippen LogP contribution in [0.5, 0.6) is 0 Å². The fourth-order valence-electron chi connectivity index (χ4n) is 2.29. The average Bonchev–Trinajstić information content (AvgIpc) is 2.53. The summed E-state index contributed by atoms with van der Waals surface area (Å²) in [5, 5.41) is 2.43. The lowest BCUT2D eigenvalue weighted by atomic mass is 10.0. The SMILES string of the molecule is CC(C)Cc1ccc(S(=O)(=O)NCC(=O)Nc2cccc(F)c2)cc1. The van der Waals surface area contributed by atoms with Crippen LogP contribution < -0.4 is 10.0 Å². The minimum atomic E-state index is -3.79. The predicted octanol–water partition coefficient (Wildman–Crippen LogP) is 2.94. The summed E-state index contributed by atoms with van der Waals surface area (Å²) in [5.41, 5.74) is 1.32. The van der Waals surface area contributed by atoms with E-state index in [1.54, 1.807) is 12.1 Å². The van der Waals surface area contributed by atoms with Gasteiger partial charge in [0.1, 0.15) is 5.82 Å². The van der Waals surface area contributed by atoms with Gasteiger partial charge >= 0.3 is 0 Å². The molecule has 0 fully saturated rings. The zero-order valence-corrected chi connectivity index (χ0v) is 14.9. The van der Waals surface area contributed by atoms with Gasteiger partial charge in [0, 0.05) is 5.69 Å². The van der Waals surface area contributed by atoms with Crippen molar-refractivity contribution < 1.29 is 17.6 Å². The van der Waals surface area contributed by atoms with E-state index < -0.39 is 28.3 Å². The molecule has 25 heavy (non-hydrogen) atoms. The standard InChI is InChI=1S/C18H21FN2O3S/c1-13(2)10-14-6-8-17(9-7-14)25(23,24)20-12-18(22)21-16-5-3-4-15(19)11-16/h3-9,11,13,20H,10,12H2,1-2H3,(H,21,22). The van der Waals surface area contributed by atoms with Crippen molar-refractivity contribution >= 4 is 21.6 Å². The number of sulfonamides is 1. The molecule has 0 aliphatic rings. The van der Waals surface area contributed by atoms with E-state index in [9.17, 15) is 17.6 Å². The van der Waals surface area contributed by atoms with Gasteiger partial charge in [0.25, 0.3) is 0 Å². The van der Waals surface area contributed by atoms with Crippen LogP contribution in [0.15, 0.2) is 53.4 Å². The monoisotopic (exact) mass is 364 g/mol. The maximum Gasteiger partial charge on any atom is 0.241 e. The topological polar surface area (TPSA) is 75.3 Å². The Balaban J connectivity index is 1.95. The Kier molecular flexibility index (Phi) is 6.27. The minimum absolute atomic E-state index is 0.0959. The molecule has 2 aromatic carbocycles. The average molecular weight is 364 g/mol. The fraction of sp³-hybridized carbons (Fsp3) is 0.278. The van der Waals surface area contributed by atoms with Gasteiger partial charge in [-0.25, -0.2) is 17.5 Å². The van der Waals surface area contributed by atoms with Gasteiger partial charge in [-0.05, 0) is 48.2 Å². The number of carbonyl (C=O) groups excluding carboxylic acids is 1. The Hall–Kier alpha value is -2.25. The molecule has 0 saturated heterocycles. The number of rotatable bonds is 7. The molecule has 0 unspecified atom stereocenters. The van der Waals surface area contributed by atoms with Crippen molar-refractivity contribution in [1.29, 1.82) is 0 Å². The Labute approximate surface area is 147 Å². The molecule has 5 nitrogen and oxygen atoms in total. The summed E-state index contributed by atoms with van der Waals surface area (Å²) < 4.78 is 39.8. The Morgan fingerprint density at radius 2 is 1.80 bits per heavy atom. The van der Waals surface area contributed by atoms with E-state index in [0.29, 0.717) is 5.92 Å². The molecule has 134 valence electrons. The first-order valence-electron chi connectivity index (χ1n) is 7.90. The highest BCUT2D eigenvalue weighted by molar-refractivity contribution is 7.89. The molecular weight excluding hydrogens is 343 g/mol. The highest BCUT2D eigenvalue weighted by Crippen LogP contribution is 2.13. The maximum atomic E-state index is 13.1. The molecule has 2 N–H and O–H groups in total. The normalized spacial score (nSPS) is 11.5. The zero-order valence-electron chi connectivity index (χ0n) is 14.1. The van der Waals surface area contributed by atoms with E-state index in [-0.39, 0.29) is 10.6 Å². The number of halogens is 1. The summed E-state index contributed by atoms with van der Waals surface area (Å²) in [4.78, 5) is 11.9. The number of carbonyl (C=O) groups is 1. The molecule has 0 atom stereocenters. The maximum absolute atomic E-state index is 13.1. The van der Waals surface area contributed by atoms with Crippen LogP contribution in [-0.4, -0.2) is 20.9 Å².